The maximum atomic E-state index is 16.4. The van der Waals surface area contributed by atoms with Crippen LogP contribution in [0.5, 0.6) is 11.8 Å². The first-order chi connectivity index (χ1) is 23.8. The van der Waals surface area contributed by atoms with E-state index in [1.807, 2.05) is 0 Å². The third-order valence-corrected chi connectivity index (χ3v) is 10.3. The molecule has 2 aromatic heterocycles. The summed E-state index contributed by atoms with van der Waals surface area (Å²) < 4.78 is 42.3. The van der Waals surface area contributed by atoms with Crippen LogP contribution in [0.3, 0.4) is 0 Å². The lowest BCUT2D eigenvalue weighted by atomic mass is 9.95. The van der Waals surface area contributed by atoms with Crippen molar-refractivity contribution in [2.24, 2.45) is 0 Å². The Balaban J connectivity index is 0.000000410. The molecule has 2 aromatic carbocycles. The summed E-state index contributed by atoms with van der Waals surface area (Å²) in [6.45, 7) is 4.98. The number of pyridine rings is 1. The zero-order chi connectivity index (χ0) is 34.1. The summed E-state index contributed by atoms with van der Waals surface area (Å²) in [7, 11) is 1.41. The normalized spacial score (nSPS) is 21.9. The minimum Gasteiger partial charge on any atom is -0.508 e. The maximum Gasteiger partial charge on any atom is 0.318 e. The highest BCUT2D eigenvalue weighted by molar-refractivity contribution is 6.03. The lowest BCUT2D eigenvalue weighted by molar-refractivity contribution is 0.0629. The number of phenolic OH excluding ortho intramolecular Hbond substituents is 1. The molecule has 0 spiro atoms. The number of nitrogens with zero attached hydrogens (tertiary/aromatic N) is 5. The first-order valence-electron chi connectivity index (χ1n) is 17.1. The van der Waals surface area contributed by atoms with Crippen molar-refractivity contribution >= 4 is 27.5 Å². The zero-order valence-electron chi connectivity index (χ0n) is 27.7. The summed E-state index contributed by atoms with van der Waals surface area (Å²) >= 11 is 0. The van der Waals surface area contributed by atoms with E-state index in [0.717, 1.165) is 18.9 Å². The molecule has 258 valence electrons. The molecular weight excluding hydrogens is 630 g/mol. The van der Waals surface area contributed by atoms with Gasteiger partial charge >= 0.3 is 6.01 Å². The van der Waals surface area contributed by atoms with Crippen LogP contribution in [0.1, 0.15) is 50.5 Å². The number of aliphatic hydroxyl groups excluding tert-OH is 1. The number of hydrogen-bond donors (Lipinski definition) is 3. The number of hydrogen-bond acceptors (Lipinski definition) is 10. The third kappa shape index (κ3) is 6.48. The number of phenols is 1. The molecule has 0 saturated carbocycles. The summed E-state index contributed by atoms with van der Waals surface area (Å²) in [5.41, 5.74) is -0.384. The number of nitrogens with one attached hydrogen (secondary N) is 1. The van der Waals surface area contributed by atoms with E-state index in [0.29, 0.717) is 49.3 Å². The number of aromatic nitrogens is 3. The molecule has 6 heterocycles. The van der Waals surface area contributed by atoms with Crippen molar-refractivity contribution < 1.29 is 28.5 Å². The molecular formula is C37H42F2N6O4. The number of terminal acetylenes is 1. The van der Waals surface area contributed by atoms with Crippen molar-refractivity contribution in [2.75, 3.05) is 58.0 Å². The molecule has 4 aliphatic rings. The van der Waals surface area contributed by atoms with E-state index in [-0.39, 0.29) is 57.7 Å². The Morgan fingerprint density at radius 1 is 1.14 bits per heavy atom. The van der Waals surface area contributed by atoms with Crippen molar-refractivity contribution in [1.29, 1.82) is 0 Å². The van der Waals surface area contributed by atoms with Gasteiger partial charge in [0, 0.05) is 55.5 Å². The number of ether oxygens (including phenoxy) is 2. The first kappa shape index (κ1) is 33.4. The Hall–Kier alpha value is -4.15. The summed E-state index contributed by atoms with van der Waals surface area (Å²) in [5.74, 6) is 1.27. The topological polar surface area (TPSA) is 116 Å². The molecule has 0 aliphatic carbocycles. The van der Waals surface area contributed by atoms with E-state index in [1.165, 1.54) is 76.3 Å². The van der Waals surface area contributed by atoms with Crippen LogP contribution in [0, 0.1) is 24.0 Å². The minimum atomic E-state index is -0.774. The zero-order valence-corrected chi connectivity index (χ0v) is 27.7. The fourth-order valence-corrected chi connectivity index (χ4v) is 8.08. The number of aliphatic hydroxyl groups is 1. The smallest absolute Gasteiger partial charge is 0.318 e. The molecule has 4 aromatic rings. The van der Waals surface area contributed by atoms with E-state index in [1.54, 1.807) is 0 Å². The highest BCUT2D eigenvalue weighted by Crippen LogP contribution is 2.40. The summed E-state index contributed by atoms with van der Waals surface area (Å²) in [5, 5.41) is 24.3. The lowest BCUT2D eigenvalue weighted by Crippen LogP contribution is -2.62. The Kier molecular flexibility index (Phi) is 9.53. The van der Waals surface area contributed by atoms with Crippen LogP contribution in [-0.4, -0.2) is 101 Å². The van der Waals surface area contributed by atoms with Gasteiger partial charge in [-0.15, -0.1) is 6.42 Å². The van der Waals surface area contributed by atoms with E-state index >= 15 is 4.39 Å². The van der Waals surface area contributed by atoms with Crippen LogP contribution < -0.4 is 15.0 Å². The van der Waals surface area contributed by atoms with Gasteiger partial charge in [0.1, 0.15) is 28.6 Å². The van der Waals surface area contributed by atoms with E-state index in [2.05, 4.69) is 36.0 Å². The first-order valence-corrected chi connectivity index (χ1v) is 17.1. The number of halogens is 2. The molecule has 4 saturated heterocycles. The molecule has 12 heteroatoms. The molecule has 3 N–H and O–H groups in total. The quantitative estimate of drug-likeness (QED) is 0.179. The maximum absolute atomic E-state index is 16.4. The molecule has 4 fully saturated rings. The second-order valence-corrected chi connectivity index (χ2v) is 13.5. The number of methoxy groups -OCH3 is 1. The average Bonchev–Trinajstić information content (AvgIpc) is 3.83. The van der Waals surface area contributed by atoms with Gasteiger partial charge in [0.15, 0.2) is 5.82 Å². The van der Waals surface area contributed by atoms with Crippen LogP contribution in [-0.2, 0) is 4.74 Å². The fraction of sp³-hybridized carbons (Fsp3) is 0.486. The predicted octanol–water partition coefficient (Wildman–Crippen LogP) is 4.77. The van der Waals surface area contributed by atoms with Crippen LogP contribution in [0.25, 0.3) is 32.9 Å². The van der Waals surface area contributed by atoms with E-state index < -0.39 is 11.6 Å². The van der Waals surface area contributed by atoms with Gasteiger partial charge in [0.25, 0.3) is 0 Å². The van der Waals surface area contributed by atoms with Gasteiger partial charge in [0.05, 0.1) is 30.2 Å². The third-order valence-electron chi connectivity index (χ3n) is 10.3. The number of fused-ring (bicyclic) bond motifs is 5. The van der Waals surface area contributed by atoms with Gasteiger partial charge in [-0.25, -0.2) is 8.78 Å². The van der Waals surface area contributed by atoms with Crippen molar-refractivity contribution in [3.05, 3.63) is 47.7 Å². The molecule has 1 unspecified atom stereocenters. The van der Waals surface area contributed by atoms with Gasteiger partial charge < -0.3 is 34.8 Å². The number of anilines is 1. The number of aromatic hydroxyl groups is 1. The molecule has 10 nitrogen and oxygen atoms in total. The van der Waals surface area contributed by atoms with Gasteiger partial charge in [-0.2, -0.15) is 9.97 Å². The second-order valence-electron chi connectivity index (χ2n) is 13.5. The van der Waals surface area contributed by atoms with Gasteiger partial charge in [-0.3, -0.25) is 4.98 Å². The van der Waals surface area contributed by atoms with Gasteiger partial charge in [0.2, 0.25) is 0 Å². The fourth-order valence-electron chi connectivity index (χ4n) is 8.08. The summed E-state index contributed by atoms with van der Waals surface area (Å²) in [6.07, 6.45) is 15.4. The molecule has 0 radical (unpaired) electrons. The predicted molar refractivity (Wildman–Crippen MR) is 184 cm³/mol. The Bertz CT molecular complexity index is 1880. The second kappa shape index (κ2) is 14.0. The summed E-state index contributed by atoms with van der Waals surface area (Å²) in [4.78, 5) is 18.1. The molecule has 2 atom stereocenters. The molecule has 49 heavy (non-hydrogen) atoms. The Labute approximate surface area is 284 Å². The van der Waals surface area contributed by atoms with E-state index in [4.69, 9.17) is 21.0 Å². The van der Waals surface area contributed by atoms with Gasteiger partial charge in [-0.05, 0) is 81.6 Å². The monoisotopic (exact) mass is 672 g/mol. The number of rotatable bonds is 8. The molecule has 2 bridgehead atoms. The van der Waals surface area contributed by atoms with Crippen molar-refractivity contribution in [3.8, 4) is 35.4 Å². The Morgan fingerprint density at radius 3 is 2.69 bits per heavy atom. The minimum absolute atomic E-state index is 0.0150. The van der Waals surface area contributed by atoms with E-state index in [9.17, 15) is 9.50 Å². The standard InChI is InChI=1S/C30H29F2N5O4.C7H13N/c1-3-20-23(31)6-5-17-11-19(39)12-21(24(17)20)26-25(32)27-22(13-33-26)28(35-29(34-27)40-2)37-14-18-7-8-30(15-37,36-18)16-41-10-4-9-38;1-3-7-4-2-6-8(7)5-1/h1,5-6,11-13,18,36,38-39H,4,7-10,14-16H2,2H3;7H,1-6H2/t18?,30-;/m0./s1. The van der Waals surface area contributed by atoms with Crippen LogP contribution in [0.2, 0.25) is 0 Å². The van der Waals surface area contributed by atoms with Crippen molar-refractivity contribution in [2.45, 2.75) is 62.6 Å². The number of benzene rings is 2. The van der Waals surface area contributed by atoms with Crippen LogP contribution in [0.4, 0.5) is 14.6 Å². The highest BCUT2D eigenvalue weighted by Gasteiger charge is 2.45. The highest BCUT2D eigenvalue weighted by atomic mass is 19.1. The number of piperazine rings is 1. The Morgan fingerprint density at radius 2 is 1.96 bits per heavy atom. The van der Waals surface area contributed by atoms with Crippen LogP contribution >= 0.6 is 0 Å². The summed E-state index contributed by atoms with van der Waals surface area (Å²) in [6, 6.07) is 6.61. The van der Waals surface area contributed by atoms with Crippen molar-refractivity contribution in [3.63, 3.8) is 0 Å². The van der Waals surface area contributed by atoms with Crippen molar-refractivity contribution in [1.82, 2.24) is 25.2 Å². The lowest BCUT2D eigenvalue weighted by Gasteiger charge is -2.42. The molecule has 8 rings (SSSR count). The largest absolute Gasteiger partial charge is 0.508 e. The average molecular weight is 673 g/mol. The molecule has 4 aliphatic heterocycles. The molecule has 0 amide bonds. The SMILES string of the molecule is C#Cc1c(F)ccc2cc(O)cc(-c3ncc4c(N5CC6CC[C@@](COCCCO)(C5)N6)nc(OC)nc4c3F)c12.C1CC2CCCN2C1. The van der Waals surface area contributed by atoms with Gasteiger partial charge in [-0.1, -0.05) is 12.0 Å². The van der Waals surface area contributed by atoms with Crippen LogP contribution in [0.15, 0.2) is 30.5 Å².